The van der Waals surface area contributed by atoms with Crippen molar-refractivity contribution in [2.45, 2.75) is 58.9 Å². The highest BCUT2D eigenvalue weighted by atomic mass is 15.3. The van der Waals surface area contributed by atoms with E-state index in [4.69, 9.17) is 0 Å². The molecule has 1 fully saturated rings. The molecule has 1 unspecified atom stereocenters. The Morgan fingerprint density at radius 1 is 1.05 bits per heavy atom. The summed E-state index contributed by atoms with van der Waals surface area (Å²) in [6, 6.07) is 0.376. The molecule has 0 saturated carbocycles. The Morgan fingerprint density at radius 3 is 2.43 bits per heavy atom. The summed E-state index contributed by atoms with van der Waals surface area (Å²) in [5, 5.41) is 6.60. The van der Waals surface area contributed by atoms with Crippen molar-refractivity contribution in [3.8, 4) is 0 Å². The minimum atomic E-state index is 0.376. The van der Waals surface area contributed by atoms with Crippen molar-refractivity contribution in [1.82, 2.24) is 15.0 Å². The second-order valence-electron chi connectivity index (χ2n) is 5.69. The van der Waals surface area contributed by atoms with Crippen molar-refractivity contribution in [3.63, 3.8) is 0 Å². The largest absolute Gasteiger partial charge is 0.354 e. The maximum absolute atomic E-state index is 4.61. The van der Waals surface area contributed by atoms with Crippen LogP contribution in [0, 0.1) is 0 Å². The van der Waals surface area contributed by atoms with Crippen molar-refractivity contribution in [3.05, 3.63) is 0 Å². The zero-order valence-electron chi connectivity index (χ0n) is 13.5. The Hall–Kier alpha value is -1.59. The molecule has 1 saturated heterocycles. The molecule has 0 bridgehead atoms. The molecular formula is C15H28N6. The molecule has 21 heavy (non-hydrogen) atoms. The van der Waals surface area contributed by atoms with E-state index in [2.05, 4.69) is 51.3 Å². The highest BCUT2D eigenvalue weighted by molar-refractivity contribution is 5.44. The number of aromatic nitrogens is 3. The van der Waals surface area contributed by atoms with Crippen molar-refractivity contribution in [1.29, 1.82) is 0 Å². The van der Waals surface area contributed by atoms with Crippen LogP contribution < -0.4 is 15.5 Å². The molecule has 0 aliphatic carbocycles. The minimum absolute atomic E-state index is 0.376. The lowest BCUT2D eigenvalue weighted by molar-refractivity contribution is 0.567. The van der Waals surface area contributed by atoms with Gasteiger partial charge in [-0.3, -0.25) is 0 Å². The fraction of sp³-hybridized carbons (Fsp3) is 0.800. The summed E-state index contributed by atoms with van der Waals surface area (Å²) in [5.41, 5.74) is 0. The van der Waals surface area contributed by atoms with Gasteiger partial charge >= 0.3 is 0 Å². The summed E-state index contributed by atoms with van der Waals surface area (Å²) in [7, 11) is 0. The second kappa shape index (κ2) is 8.00. The van der Waals surface area contributed by atoms with Crippen LogP contribution in [0.5, 0.6) is 0 Å². The predicted octanol–water partition coefficient (Wildman–Crippen LogP) is 2.89. The van der Waals surface area contributed by atoms with Crippen LogP contribution in [-0.4, -0.2) is 40.6 Å². The number of piperidine rings is 1. The van der Waals surface area contributed by atoms with Crippen LogP contribution in [0.25, 0.3) is 0 Å². The van der Waals surface area contributed by atoms with Gasteiger partial charge in [-0.2, -0.15) is 15.0 Å². The van der Waals surface area contributed by atoms with Crippen LogP contribution in [0.1, 0.15) is 52.9 Å². The van der Waals surface area contributed by atoms with Crippen LogP contribution in [-0.2, 0) is 0 Å². The number of hydrogen-bond donors (Lipinski definition) is 2. The van der Waals surface area contributed by atoms with Gasteiger partial charge < -0.3 is 15.5 Å². The van der Waals surface area contributed by atoms with Gasteiger partial charge in [-0.25, -0.2) is 0 Å². The van der Waals surface area contributed by atoms with Gasteiger partial charge in [-0.15, -0.1) is 0 Å². The third-order valence-corrected chi connectivity index (χ3v) is 3.69. The SMILES string of the molecule is CCCC(C)Nc1nc(NCC)nc(N2CCCCC2)n1. The monoisotopic (exact) mass is 292 g/mol. The second-order valence-corrected chi connectivity index (χ2v) is 5.69. The molecule has 2 heterocycles. The normalized spacial score (nSPS) is 16.6. The molecule has 0 radical (unpaired) electrons. The maximum Gasteiger partial charge on any atom is 0.231 e. The van der Waals surface area contributed by atoms with Gasteiger partial charge in [0.25, 0.3) is 0 Å². The van der Waals surface area contributed by atoms with E-state index in [9.17, 15) is 0 Å². The molecular weight excluding hydrogens is 264 g/mol. The molecule has 0 aromatic carbocycles. The van der Waals surface area contributed by atoms with Crippen molar-refractivity contribution in [2.75, 3.05) is 35.2 Å². The van der Waals surface area contributed by atoms with Crippen LogP contribution in [0.4, 0.5) is 17.8 Å². The van der Waals surface area contributed by atoms with Crippen molar-refractivity contribution >= 4 is 17.8 Å². The van der Waals surface area contributed by atoms with Gasteiger partial charge in [0.2, 0.25) is 17.8 Å². The van der Waals surface area contributed by atoms with Crippen LogP contribution >= 0.6 is 0 Å². The van der Waals surface area contributed by atoms with Crippen molar-refractivity contribution < 1.29 is 0 Å². The number of nitrogens with zero attached hydrogens (tertiary/aromatic N) is 4. The zero-order valence-corrected chi connectivity index (χ0v) is 13.5. The Bertz CT molecular complexity index is 430. The summed E-state index contributed by atoms with van der Waals surface area (Å²) in [4.78, 5) is 15.9. The fourth-order valence-corrected chi connectivity index (χ4v) is 2.63. The van der Waals surface area contributed by atoms with Crippen LogP contribution in [0.15, 0.2) is 0 Å². The Morgan fingerprint density at radius 2 is 1.76 bits per heavy atom. The van der Waals surface area contributed by atoms with E-state index in [1.807, 2.05) is 0 Å². The first-order valence-corrected chi connectivity index (χ1v) is 8.24. The lowest BCUT2D eigenvalue weighted by atomic mass is 10.1. The Kier molecular flexibility index (Phi) is 6.02. The van der Waals surface area contributed by atoms with Crippen molar-refractivity contribution in [2.24, 2.45) is 0 Å². The van der Waals surface area contributed by atoms with Gasteiger partial charge in [0.1, 0.15) is 0 Å². The molecule has 2 rings (SSSR count). The van der Waals surface area contributed by atoms with Gasteiger partial charge in [0.05, 0.1) is 0 Å². The fourth-order valence-electron chi connectivity index (χ4n) is 2.63. The smallest absolute Gasteiger partial charge is 0.231 e. The zero-order chi connectivity index (χ0) is 15.1. The Labute approximate surface area is 127 Å². The first-order valence-electron chi connectivity index (χ1n) is 8.24. The lowest BCUT2D eigenvalue weighted by Gasteiger charge is -2.27. The first kappa shape index (κ1) is 15.8. The average molecular weight is 292 g/mol. The minimum Gasteiger partial charge on any atom is -0.354 e. The molecule has 1 aromatic rings. The Balaban J connectivity index is 2.16. The number of anilines is 3. The quantitative estimate of drug-likeness (QED) is 0.805. The molecule has 1 aliphatic heterocycles. The number of nitrogens with one attached hydrogen (secondary N) is 2. The third-order valence-electron chi connectivity index (χ3n) is 3.69. The van der Waals surface area contributed by atoms with E-state index < -0.39 is 0 Å². The lowest BCUT2D eigenvalue weighted by Crippen LogP contribution is -2.32. The molecule has 1 atom stereocenters. The average Bonchev–Trinajstić information content (AvgIpc) is 2.48. The van der Waals surface area contributed by atoms with E-state index in [-0.39, 0.29) is 0 Å². The molecule has 118 valence electrons. The molecule has 0 spiro atoms. The van der Waals surface area contributed by atoms with E-state index >= 15 is 0 Å². The third kappa shape index (κ3) is 4.72. The van der Waals surface area contributed by atoms with E-state index in [1.165, 1.54) is 19.3 Å². The molecule has 1 aliphatic rings. The van der Waals surface area contributed by atoms with Crippen LogP contribution in [0.2, 0.25) is 0 Å². The van der Waals surface area contributed by atoms with E-state index in [0.29, 0.717) is 17.9 Å². The molecule has 6 heteroatoms. The molecule has 0 amide bonds. The highest BCUT2D eigenvalue weighted by Gasteiger charge is 2.16. The standard InChI is InChI=1S/C15H28N6/c1-4-9-12(3)17-14-18-13(16-5-2)19-15(20-14)21-10-7-6-8-11-21/h12H,4-11H2,1-3H3,(H2,16,17,18,19,20). The molecule has 2 N–H and O–H groups in total. The summed E-state index contributed by atoms with van der Waals surface area (Å²) in [5.74, 6) is 2.15. The maximum atomic E-state index is 4.61. The van der Waals surface area contributed by atoms with Gasteiger partial charge in [-0.1, -0.05) is 13.3 Å². The van der Waals surface area contributed by atoms with Crippen LogP contribution in [0.3, 0.4) is 0 Å². The summed E-state index contributed by atoms with van der Waals surface area (Å²) < 4.78 is 0. The summed E-state index contributed by atoms with van der Waals surface area (Å²) in [6.45, 7) is 9.30. The first-order chi connectivity index (χ1) is 10.2. The predicted molar refractivity (Wildman–Crippen MR) is 88.0 cm³/mol. The summed E-state index contributed by atoms with van der Waals surface area (Å²) >= 11 is 0. The van der Waals surface area contributed by atoms with Gasteiger partial charge in [0.15, 0.2) is 0 Å². The van der Waals surface area contributed by atoms with E-state index in [1.54, 1.807) is 0 Å². The molecule has 1 aromatic heterocycles. The highest BCUT2D eigenvalue weighted by Crippen LogP contribution is 2.19. The van der Waals surface area contributed by atoms with Gasteiger partial charge in [-0.05, 0) is 39.5 Å². The topological polar surface area (TPSA) is 66.0 Å². The number of rotatable bonds is 7. The summed E-state index contributed by atoms with van der Waals surface area (Å²) in [6.07, 6.45) is 6.01. The molecule has 6 nitrogen and oxygen atoms in total. The van der Waals surface area contributed by atoms with Gasteiger partial charge in [0, 0.05) is 25.7 Å². The number of hydrogen-bond acceptors (Lipinski definition) is 6. The van der Waals surface area contributed by atoms with E-state index in [0.717, 1.165) is 38.4 Å².